The predicted octanol–water partition coefficient (Wildman–Crippen LogP) is 3.23. The molecule has 0 bridgehead atoms. The zero-order valence-electron chi connectivity index (χ0n) is 14.0. The summed E-state index contributed by atoms with van der Waals surface area (Å²) in [6, 6.07) is 3.26. The van der Waals surface area contributed by atoms with E-state index in [1.54, 1.807) is 11.8 Å². The van der Waals surface area contributed by atoms with Crippen LogP contribution in [0.2, 0.25) is 0 Å². The Morgan fingerprint density at radius 2 is 1.64 bits per heavy atom. The molecule has 1 spiro atoms. The average Bonchev–Trinajstić information content (AvgIpc) is 3.33. The second kappa shape index (κ2) is 6.35. The molecule has 136 valence electrons. The summed E-state index contributed by atoms with van der Waals surface area (Å²) < 4.78 is 37.7. The van der Waals surface area contributed by atoms with Gasteiger partial charge in [-0.25, -0.2) is 0 Å². The lowest BCUT2D eigenvalue weighted by molar-refractivity contribution is -0.137. The minimum atomic E-state index is -4.44. The highest BCUT2D eigenvalue weighted by molar-refractivity contribution is 5.97. The molecule has 1 aliphatic heterocycles. The van der Waals surface area contributed by atoms with Crippen molar-refractivity contribution in [3.8, 4) is 0 Å². The average molecular weight is 354 g/mol. The number of halogens is 3. The van der Waals surface area contributed by atoms with Gasteiger partial charge in [-0.3, -0.25) is 9.59 Å². The number of carbonyl (C=O) groups excluding carboxylic acids is 2. The molecule has 1 N–H and O–H groups in total. The number of nitrogens with one attached hydrogen (secondary N) is 1. The van der Waals surface area contributed by atoms with Crippen LogP contribution in [0.1, 0.15) is 48.5 Å². The highest BCUT2D eigenvalue weighted by Gasteiger charge is 2.45. The maximum atomic E-state index is 12.6. The summed E-state index contributed by atoms with van der Waals surface area (Å²) in [7, 11) is 0. The van der Waals surface area contributed by atoms with Crippen LogP contribution in [0, 0.1) is 5.41 Å². The summed E-state index contributed by atoms with van der Waals surface area (Å²) in [5.74, 6) is -0.694. The third kappa shape index (κ3) is 3.96. The van der Waals surface area contributed by atoms with Gasteiger partial charge in [0.25, 0.3) is 5.91 Å². The maximum Gasteiger partial charge on any atom is 0.416 e. The molecule has 25 heavy (non-hydrogen) atoms. The number of hydrogen-bond donors (Lipinski definition) is 1. The Kier molecular flexibility index (Phi) is 4.51. The van der Waals surface area contributed by atoms with Crippen molar-refractivity contribution in [1.29, 1.82) is 0 Å². The topological polar surface area (TPSA) is 49.4 Å². The van der Waals surface area contributed by atoms with Crippen molar-refractivity contribution in [2.24, 2.45) is 5.41 Å². The number of alkyl halides is 3. The number of likely N-dealkylation sites (tertiary alicyclic amines) is 1. The number of benzene rings is 1. The van der Waals surface area contributed by atoms with Crippen molar-refractivity contribution < 1.29 is 22.8 Å². The summed E-state index contributed by atoms with van der Waals surface area (Å²) in [6.45, 7) is 3.02. The van der Waals surface area contributed by atoms with Crippen molar-refractivity contribution in [2.45, 2.75) is 44.8 Å². The molecule has 1 aromatic rings. The summed E-state index contributed by atoms with van der Waals surface area (Å²) in [6.07, 6.45) is 0.0759. The van der Waals surface area contributed by atoms with Gasteiger partial charge in [0.15, 0.2) is 0 Å². The lowest BCUT2D eigenvalue weighted by Gasteiger charge is -2.33. The molecule has 1 aromatic carbocycles. The molecule has 2 aliphatic rings. The smallest absolute Gasteiger partial charge is 0.341 e. The van der Waals surface area contributed by atoms with Gasteiger partial charge in [0.2, 0.25) is 5.91 Å². The third-order valence-electron chi connectivity index (χ3n) is 5.29. The van der Waals surface area contributed by atoms with E-state index in [-0.39, 0.29) is 11.5 Å². The molecule has 0 aromatic heterocycles. The molecule has 1 saturated heterocycles. The highest BCUT2D eigenvalue weighted by atomic mass is 19.4. The molecule has 1 saturated carbocycles. The molecule has 2 amide bonds. The van der Waals surface area contributed by atoms with Crippen LogP contribution in [0.25, 0.3) is 0 Å². The van der Waals surface area contributed by atoms with E-state index in [0.717, 1.165) is 37.1 Å². The fourth-order valence-electron chi connectivity index (χ4n) is 3.30. The Morgan fingerprint density at radius 3 is 2.12 bits per heavy atom. The van der Waals surface area contributed by atoms with Crippen LogP contribution in [0.4, 0.5) is 13.2 Å². The Morgan fingerprint density at radius 1 is 1.08 bits per heavy atom. The molecule has 0 radical (unpaired) electrons. The van der Waals surface area contributed by atoms with E-state index < -0.39 is 23.7 Å². The summed E-state index contributed by atoms with van der Waals surface area (Å²) in [4.78, 5) is 26.4. The molecule has 1 atom stereocenters. The van der Waals surface area contributed by atoms with Gasteiger partial charge < -0.3 is 10.2 Å². The number of carbonyl (C=O) groups is 2. The fourth-order valence-corrected chi connectivity index (χ4v) is 3.30. The number of rotatable bonds is 3. The van der Waals surface area contributed by atoms with Crippen LogP contribution < -0.4 is 5.32 Å². The largest absolute Gasteiger partial charge is 0.416 e. The highest BCUT2D eigenvalue weighted by Crippen LogP contribution is 2.53. The van der Waals surface area contributed by atoms with Crippen LogP contribution >= 0.6 is 0 Å². The first-order valence-electron chi connectivity index (χ1n) is 8.47. The van der Waals surface area contributed by atoms with Gasteiger partial charge in [0.05, 0.1) is 5.56 Å². The predicted molar refractivity (Wildman–Crippen MR) is 85.9 cm³/mol. The lowest BCUT2D eigenvalue weighted by atomic mass is 9.93. The Bertz CT molecular complexity index is 656. The zero-order valence-corrected chi connectivity index (χ0v) is 14.0. The van der Waals surface area contributed by atoms with Crippen molar-refractivity contribution in [3.05, 3.63) is 35.4 Å². The van der Waals surface area contributed by atoms with Crippen molar-refractivity contribution in [1.82, 2.24) is 10.2 Å². The molecule has 2 fully saturated rings. The van der Waals surface area contributed by atoms with Gasteiger partial charge in [-0.2, -0.15) is 13.2 Å². The third-order valence-corrected chi connectivity index (χ3v) is 5.29. The van der Waals surface area contributed by atoms with E-state index in [9.17, 15) is 22.8 Å². The second-order valence-corrected chi connectivity index (χ2v) is 7.10. The molecule has 4 nitrogen and oxygen atoms in total. The molecule has 7 heteroatoms. The molecule has 1 heterocycles. The van der Waals surface area contributed by atoms with Gasteiger partial charge in [-0.05, 0) is 62.3 Å². The van der Waals surface area contributed by atoms with Crippen LogP contribution in [0.5, 0.6) is 0 Å². The van der Waals surface area contributed by atoms with Gasteiger partial charge in [0, 0.05) is 18.7 Å². The minimum Gasteiger partial charge on any atom is -0.341 e. The van der Waals surface area contributed by atoms with E-state index in [4.69, 9.17) is 0 Å². The van der Waals surface area contributed by atoms with Gasteiger partial charge in [0.1, 0.15) is 6.04 Å². The molecular formula is C18H21F3N2O2. The molecule has 1 aliphatic carbocycles. The SMILES string of the molecule is CC(NC(=O)c1ccc(C(F)(F)F)cc1)C(=O)N1CCC2(CC1)CC2. The lowest BCUT2D eigenvalue weighted by Crippen LogP contribution is -2.49. The van der Waals surface area contributed by atoms with Crippen LogP contribution in [0.15, 0.2) is 24.3 Å². The van der Waals surface area contributed by atoms with Crippen LogP contribution in [-0.4, -0.2) is 35.8 Å². The number of nitrogens with zero attached hydrogens (tertiary/aromatic N) is 1. The summed E-state index contributed by atoms with van der Waals surface area (Å²) >= 11 is 0. The van der Waals surface area contributed by atoms with Crippen LogP contribution in [-0.2, 0) is 11.0 Å². The van der Waals surface area contributed by atoms with Crippen LogP contribution in [0.3, 0.4) is 0 Å². The monoisotopic (exact) mass is 354 g/mol. The Labute approximate surface area is 144 Å². The van der Waals surface area contributed by atoms with Crippen molar-refractivity contribution in [2.75, 3.05) is 13.1 Å². The van der Waals surface area contributed by atoms with E-state index in [1.807, 2.05) is 0 Å². The van der Waals surface area contributed by atoms with Crippen molar-refractivity contribution >= 4 is 11.8 Å². The summed E-state index contributed by atoms with van der Waals surface area (Å²) in [5.41, 5.74) is -0.248. The molecule has 1 unspecified atom stereocenters. The van der Waals surface area contributed by atoms with E-state index in [1.165, 1.54) is 12.8 Å². The zero-order chi connectivity index (χ0) is 18.2. The number of piperidine rings is 1. The molecule has 3 rings (SSSR count). The van der Waals surface area contributed by atoms with E-state index >= 15 is 0 Å². The first-order valence-corrected chi connectivity index (χ1v) is 8.47. The van der Waals surface area contributed by atoms with Gasteiger partial charge >= 0.3 is 6.18 Å². The maximum absolute atomic E-state index is 12.6. The van der Waals surface area contributed by atoms with Gasteiger partial charge in [-0.1, -0.05) is 0 Å². The number of hydrogen-bond acceptors (Lipinski definition) is 2. The molecular weight excluding hydrogens is 333 g/mol. The van der Waals surface area contributed by atoms with E-state index in [0.29, 0.717) is 18.5 Å². The van der Waals surface area contributed by atoms with Gasteiger partial charge in [-0.15, -0.1) is 0 Å². The van der Waals surface area contributed by atoms with Crippen molar-refractivity contribution in [3.63, 3.8) is 0 Å². The Hall–Kier alpha value is -2.05. The van der Waals surface area contributed by atoms with E-state index in [2.05, 4.69) is 5.32 Å². The second-order valence-electron chi connectivity index (χ2n) is 7.10. The first-order chi connectivity index (χ1) is 11.7. The first kappa shape index (κ1) is 17.8. The minimum absolute atomic E-state index is 0.100. The quantitative estimate of drug-likeness (QED) is 0.906. The Balaban J connectivity index is 1.55. The summed E-state index contributed by atoms with van der Waals surface area (Å²) in [5, 5.41) is 2.58. The standard InChI is InChI=1S/C18H21F3N2O2/c1-12(16(25)23-10-8-17(6-7-17)9-11-23)22-15(24)13-2-4-14(5-3-13)18(19,20)21/h2-5,12H,6-11H2,1H3,(H,22,24). The fraction of sp³-hybridized carbons (Fsp3) is 0.556. The normalized spacial score (nSPS) is 20.2. The number of amides is 2.